The SMILES string of the molecule is COc1ccc(-c2cnc3c(Nc4ccc(C(=O)N[C@@H](C)CN=C(C)N)c(Cl)c4)nccn23)c(F)c1F. The third kappa shape index (κ3) is 5.46. The predicted octanol–water partition coefficient (Wildman–Crippen LogP) is 4.58. The number of anilines is 2. The van der Waals surface area contributed by atoms with Gasteiger partial charge in [0.15, 0.2) is 23.0 Å². The van der Waals surface area contributed by atoms with E-state index in [1.807, 2.05) is 6.92 Å². The molecule has 1 amide bonds. The van der Waals surface area contributed by atoms with Crippen molar-refractivity contribution in [1.82, 2.24) is 19.7 Å². The topological polar surface area (TPSA) is 119 Å². The van der Waals surface area contributed by atoms with Gasteiger partial charge < -0.3 is 21.1 Å². The molecule has 0 unspecified atom stereocenters. The molecule has 9 nitrogen and oxygen atoms in total. The van der Waals surface area contributed by atoms with Crippen molar-refractivity contribution in [1.29, 1.82) is 0 Å². The van der Waals surface area contributed by atoms with Gasteiger partial charge in [0.05, 0.1) is 42.0 Å². The molecular weight excluding hydrogens is 504 g/mol. The molecule has 2 aromatic heterocycles. The molecular formula is C25H24ClF2N7O2. The van der Waals surface area contributed by atoms with Crippen LogP contribution in [0.5, 0.6) is 5.75 Å². The van der Waals surface area contributed by atoms with Crippen LogP contribution in [0.15, 0.2) is 53.9 Å². The molecule has 0 aliphatic heterocycles. The number of methoxy groups -OCH3 is 1. The molecule has 0 aliphatic carbocycles. The maximum absolute atomic E-state index is 14.7. The van der Waals surface area contributed by atoms with E-state index in [-0.39, 0.29) is 28.3 Å². The lowest BCUT2D eigenvalue weighted by Crippen LogP contribution is -2.35. The molecule has 2 aromatic carbocycles. The highest BCUT2D eigenvalue weighted by Crippen LogP contribution is 2.32. The first-order chi connectivity index (χ1) is 17.7. The summed E-state index contributed by atoms with van der Waals surface area (Å²) in [6.45, 7) is 3.83. The van der Waals surface area contributed by atoms with Crippen LogP contribution >= 0.6 is 11.6 Å². The number of carbonyl (C=O) groups is 1. The molecule has 2 heterocycles. The third-order valence-electron chi connectivity index (χ3n) is 5.44. The van der Waals surface area contributed by atoms with Gasteiger partial charge in [-0.15, -0.1) is 0 Å². The van der Waals surface area contributed by atoms with Crippen molar-refractivity contribution >= 4 is 40.5 Å². The molecule has 0 fully saturated rings. The number of aromatic nitrogens is 3. The van der Waals surface area contributed by atoms with Crippen LogP contribution in [0.2, 0.25) is 5.02 Å². The number of amides is 1. The zero-order valence-corrected chi connectivity index (χ0v) is 21.0. The van der Waals surface area contributed by atoms with E-state index in [1.54, 1.807) is 35.7 Å². The maximum atomic E-state index is 14.7. The summed E-state index contributed by atoms with van der Waals surface area (Å²) in [6.07, 6.45) is 4.50. The molecule has 192 valence electrons. The Labute approximate surface area is 216 Å². The summed E-state index contributed by atoms with van der Waals surface area (Å²) in [7, 11) is 1.26. The minimum Gasteiger partial charge on any atom is -0.494 e. The quantitative estimate of drug-likeness (QED) is 0.228. The molecule has 0 bridgehead atoms. The molecule has 12 heteroatoms. The smallest absolute Gasteiger partial charge is 0.253 e. The van der Waals surface area contributed by atoms with Gasteiger partial charge in [-0.3, -0.25) is 14.2 Å². The van der Waals surface area contributed by atoms with E-state index in [9.17, 15) is 13.6 Å². The first-order valence-electron chi connectivity index (χ1n) is 11.2. The largest absolute Gasteiger partial charge is 0.494 e. The number of aliphatic imine (C=N–C) groups is 1. The molecule has 4 N–H and O–H groups in total. The number of rotatable bonds is 8. The number of hydrogen-bond acceptors (Lipinski definition) is 6. The van der Waals surface area contributed by atoms with Crippen molar-refractivity contribution in [3.63, 3.8) is 0 Å². The standard InChI is InChI=1S/C25H24ClF2N7O2/c1-13(11-31-14(2)29)33-25(36)16-5-4-15(10-18(16)26)34-23-24-32-12-19(35(24)9-8-30-23)17-6-7-20(37-3)22(28)21(17)27/h4-10,12-13H,11H2,1-3H3,(H2,29,31)(H,30,34)(H,33,36)/t13-/m0/s1. The van der Waals surface area contributed by atoms with E-state index < -0.39 is 11.6 Å². The lowest BCUT2D eigenvalue weighted by molar-refractivity contribution is 0.0941. The third-order valence-corrected chi connectivity index (χ3v) is 5.75. The predicted molar refractivity (Wildman–Crippen MR) is 139 cm³/mol. The Morgan fingerprint density at radius 1 is 1.24 bits per heavy atom. The molecule has 0 radical (unpaired) electrons. The van der Waals surface area contributed by atoms with Crippen LogP contribution in [-0.4, -0.2) is 45.8 Å². The van der Waals surface area contributed by atoms with Gasteiger partial charge in [0.2, 0.25) is 5.82 Å². The van der Waals surface area contributed by atoms with Gasteiger partial charge in [-0.25, -0.2) is 14.4 Å². The second kappa shape index (κ2) is 10.8. The second-order valence-electron chi connectivity index (χ2n) is 8.23. The molecule has 1 atom stereocenters. The van der Waals surface area contributed by atoms with Gasteiger partial charge in [-0.05, 0) is 44.2 Å². The van der Waals surface area contributed by atoms with E-state index >= 15 is 0 Å². The first-order valence-corrected chi connectivity index (χ1v) is 11.6. The van der Waals surface area contributed by atoms with E-state index in [0.29, 0.717) is 40.8 Å². The Balaban J connectivity index is 1.58. The number of nitrogens with zero attached hydrogens (tertiary/aromatic N) is 4. The fourth-order valence-electron chi connectivity index (χ4n) is 3.64. The lowest BCUT2D eigenvalue weighted by atomic mass is 10.1. The molecule has 0 aliphatic rings. The zero-order chi connectivity index (χ0) is 26.7. The normalized spacial score (nSPS) is 12.4. The highest BCUT2D eigenvalue weighted by molar-refractivity contribution is 6.34. The maximum Gasteiger partial charge on any atom is 0.253 e. The molecule has 0 saturated heterocycles. The van der Waals surface area contributed by atoms with E-state index in [2.05, 4.69) is 25.6 Å². The average Bonchev–Trinajstić information content (AvgIpc) is 3.29. The molecule has 4 aromatic rings. The highest BCUT2D eigenvalue weighted by atomic mass is 35.5. The van der Waals surface area contributed by atoms with Gasteiger partial charge in [0.25, 0.3) is 5.91 Å². The van der Waals surface area contributed by atoms with Crippen LogP contribution in [0.25, 0.3) is 16.9 Å². The number of benzene rings is 2. The average molecular weight is 528 g/mol. The van der Waals surface area contributed by atoms with Crippen LogP contribution in [0.3, 0.4) is 0 Å². The Morgan fingerprint density at radius 2 is 2.03 bits per heavy atom. The van der Waals surface area contributed by atoms with Gasteiger partial charge >= 0.3 is 0 Å². The van der Waals surface area contributed by atoms with Gasteiger partial charge in [-0.1, -0.05) is 11.6 Å². The Bertz CT molecular complexity index is 1500. The van der Waals surface area contributed by atoms with Gasteiger partial charge in [0, 0.05) is 29.7 Å². The highest BCUT2D eigenvalue weighted by Gasteiger charge is 2.19. The number of nitrogens with one attached hydrogen (secondary N) is 2. The fourth-order valence-corrected chi connectivity index (χ4v) is 3.90. The van der Waals surface area contributed by atoms with Gasteiger partial charge in [-0.2, -0.15) is 4.39 Å². The number of hydrogen-bond donors (Lipinski definition) is 3. The minimum atomic E-state index is -1.09. The van der Waals surface area contributed by atoms with Gasteiger partial charge in [0.1, 0.15) is 0 Å². The number of fused-ring (bicyclic) bond motifs is 1. The van der Waals surface area contributed by atoms with Crippen molar-refractivity contribution in [2.24, 2.45) is 10.7 Å². The summed E-state index contributed by atoms with van der Waals surface area (Å²) < 4.78 is 35.4. The second-order valence-corrected chi connectivity index (χ2v) is 8.64. The summed E-state index contributed by atoms with van der Waals surface area (Å²) in [4.78, 5) is 25.3. The van der Waals surface area contributed by atoms with Crippen molar-refractivity contribution in [3.05, 3.63) is 71.1 Å². The lowest BCUT2D eigenvalue weighted by Gasteiger charge is -2.14. The number of halogens is 3. The van der Waals surface area contributed by atoms with Crippen LogP contribution in [0, 0.1) is 11.6 Å². The number of ether oxygens (including phenoxy) is 1. The molecule has 4 rings (SSSR count). The Morgan fingerprint density at radius 3 is 2.73 bits per heavy atom. The van der Waals surface area contributed by atoms with Crippen molar-refractivity contribution in [3.8, 4) is 17.0 Å². The zero-order valence-electron chi connectivity index (χ0n) is 20.2. The van der Waals surface area contributed by atoms with Crippen LogP contribution in [-0.2, 0) is 0 Å². The summed E-state index contributed by atoms with van der Waals surface area (Å²) in [5, 5.41) is 6.15. The van der Waals surface area contributed by atoms with E-state index in [0.717, 1.165) is 0 Å². The van der Waals surface area contributed by atoms with Crippen molar-refractivity contribution in [2.45, 2.75) is 19.9 Å². The Kier molecular flexibility index (Phi) is 7.53. The number of nitrogens with two attached hydrogens (primary N) is 1. The Hall–Kier alpha value is -4.25. The van der Waals surface area contributed by atoms with Crippen molar-refractivity contribution in [2.75, 3.05) is 19.0 Å². The van der Waals surface area contributed by atoms with E-state index in [4.69, 9.17) is 22.1 Å². The van der Waals surface area contributed by atoms with Crippen LogP contribution < -0.4 is 21.1 Å². The number of carbonyl (C=O) groups excluding carboxylic acids is 1. The monoisotopic (exact) mass is 527 g/mol. The summed E-state index contributed by atoms with van der Waals surface area (Å²) in [6, 6.07) is 7.36. The summed E-state index contributed by atoms with van der Waals surface area (Å²) >= 11 is 6.38. The molecule has 0 spiro atoms. The fraction of sp³-hybridized carbons (Fsp3) is 0.200. The summed E-state index contributed by atoms with van der Waals surface area (Å²) in [5.41, 5.74) is 7.09. The first kappa shape index (κ1) is 25.8. The van der Waals surface area contributed by atoms with Crippen LogP contribution in [0.4, 0.5) is 20.3 Å². The minimum absolute atomic E-state index is 0.0166. The van der Waals surface area contributed by atoms with Crippen LogP contribution in [0.1, 0.15) is 24.2 Å². The molecule has 0 saturated carbocycles. The number of imidazole rings is 1. The molecule has 37 heavy (non-hydrogen) atoms. The summed E-state index contributed by atoms with van der Waals surface area (Å²) in [5.74, 6) is -1.89. The van der Waals surface area contributed by atoms with E-state index in [1.165, 1.54) is 31.6 Å². The number of amidine groups is 1. The van der Waals surface area contributed by atoms with Crippen molar-refractivity contribution < 1.29 is 18.3 Å².